The summed E-state index contributed by atoms with van der Waals surface area (Å²) in [6.07, 6.45) is 7.03. The molecule has 1 N–H and O–H groups in total. The van der Waals surface area contributed by atoms with Gasteiger partial charge in [-0.3, -0.25) is 4.79 Å². The maximum atomic E-state index is 13.1. The van der Waals surface area contributed by atoms with E-state index in [2.05, 4.69) is 15.0 Å². The van der Waals surface area contributed by atoms with Gasteiger partial charge in [0.1, 0.15) is 0 Å². The number of carbonyl (C=O) groups is 1. The van der Waals surface area contributed by atoms with Crippen molar-refractivity contribution in [2.45, 2.75) is 57.8 Å². The van der Waals surface area contributed by atoms with Gasteiger partial charge in [-0.15, -0.1) is 0 Å². The van der Waals surface area contributed by atoms with Crippen molar-refractivity contribution < 1.29 is 4.79 Å². The third-order valence-electron chi connectivity index (χ3n) is 6.60. The van der Waals surface area contributed by atoms with Crippen molar-refractivity contribution in [3.63, 3.8) is 0 Å². The Hall–Kier alpha value is -2.77. The molecule has 1 unspecified atom stereocenters. The summed E-state index contributed by atoms with van der Waals surface area (Å²) in [6, 6.07) is 0. The molecular weight excluding hydrogens is 380 g/mol. The van der Waals surface area contributed by atoms with Gasteiger partial charge >= 0.3 is 5.69 Å². The number of carbonyl (C=O) groups excluding carboxylic acids is 1. The van der Waals surface area contributed by atoms with Gasteiger partial charge in [-0.05, 0) is 57.1 Å². The molecule has 160 valence electrons. The number of rotatable bonds is 4. The Balaban J connectivity index is 1.50. The molecule has 0 saturated carbocycles. The summed E-state index contributed by atoms with van der Waals surface area (Å²) in [5, 5.41) is 0. The largest absolute Gasteiger partial charge is 0.347 e. The molecule has 1 atom stereocenters. The molecule has 3 heterocycles. The predicted molar refractivity (Wildman–Crippen MR) is 115 cm³/mol. The molecule has 1 aliphatic carbocycles. The predicted octanol–water partition coefficient (Wildman–Crippen LogP) is 1.68. The Morgan fingerprint density at radius 1 is 1.27 bits per heavy atom. The Labute approximate surface area is 176 Å². The van der Waals surface area contributed by atoms with E-state index in [0.29, 0.717) is 18.5 Å². The summed E-state index contributed by atoms with van der Waals surface area (Å²) < 4.78 is 0. The van der Waals surface area contributed by atoms with Crippen LogP contribution in [0.25, 0.3) is 0 Å². The van der Waals surface area contributed by atoms with Crippen LogP contribution in [0.2, 0.25) is 0 Å². The van der Waals surface area contributed by atoms with Crippen LogP contribution < -0.4 is 10.6 Å². The van der Waals surface area contributed by atoms with E-state index in [1.165, 1.54) is 5.56 Å². The minimum absolute atomic E-state index is 0.0533. The standard InChI is InChI=1S/C22H30N6O2/c1-14-17(15(2)25-21(30)24-14)6-7-18(29)28-11-5-9-22(13-28)10-8-16-12-23-20(27(3)4)26-19(16)22/h12H,5-11,13H2,1-4H3,(H,24,25,30). The van der Waals surface area contributed by atoms with E-state index in [0.717, 1.165) is 61.7 Å². The van der Waals surface area contributed by atoms with Gasteiger partial charge in [-0.2, -0.15) is 4.98 Å². The number of hydrogen-bond donors (Lipinski definition) is 1. The topological polar surface area (TPSA) is 95.1 Å². The number of hydrogen-bond acceptors (Lipinski definition) is 6. The molecule has 4 rings (SSSR count). The molecule has 8 heteroatoms. The molecular formula is C22H30N6O2. The van der Waals surface area contributed by atoms with Gasteiger partial charge in [0.2, 0.25) is 11.9 Å². The first-order valence-corrected chi connectivity index (χ1v) is 10.7. The van der Waals surface area contributed by atoms with E-state index in [9.17, 15) is 9.59 Å². The molecule has 2 aromatic heterocycles. The Morgan fingerprint density at radius 3 is 2.80 bits per heavy atom. The molecule has 1 spiro atoms. The number of aromatic nitrogens is 4. The fourth-order valence-corrected chi connectivity index (χ4v) is 5.00. The van der Waals surface area contributed by atoms with Crippen molar-refractivity contribution in [2.24, 2.45) is 0 Å². The Kier molecular flexibility index (Phi) is 5.34. The van der Waals surface area contributed by atoms with Gasteiger partial charge < -0.3 is 14.8 Å². The van der Waals surface area contributed by atoms with E-state index >= 15 is 0 Å². The first-order valence-electron chi connectivity index (χ1n) is 10.7. The first kappa shape index (κ1) is 20.5. The number of piperidine rings is 1. The van der Waals surface area contributed by atoms with Gasteiger partial charge in [0.25, 0.3) is 0 Å². The fourth-order valence-electron chi connectivity index (χ4n) is 5.00. The van der Waals surface area contributed by atoms with Gasteiger partial charge in [0.15, 0.2) is 0 Å². The Bertz CT molecular complexity index is 1000. The summed E-state index contributed by atoms with van der Waals surface area (Å²) in [6.45, 7) is 5.21. The van der Waals surface area contributed by atoms with Crippen LogP contribution in [0.3, 0.4) is 0 Å². The molecule has 2 aromatic rings. The first-order chi connectivity index (χ1) is 14.3. The number of likely N-dealkylation sites (tertiary alicyclic amines) is 1. The van der Waals surface area contributed by atoms with Crippen molar-refractivity contribution in [3.05, 3.63) is 44.9 Å². The molecule has 8 nitrogen and oxygen atoms in total. The quantitative estimate of drug-likeness (QED) is 0.824. The zero-order valence-electron chi connectivity index (χ0n) is 18.3. The molecule has 1 saturated heterocycles. The van der Waals surface area contributed by atoms with Crippen LogP contribution in [0.4, 0.5) is 5.95 Å². The minimum Gasteiger partial charge on any atom is -0.347 e. The van der Waals surface area contributed by atoms with E-state index in [-0.39, 0.29) is 17.0 Å². The highest BCUT2D eigenvalue weighted by Gasteiger charge is 2.44. The normalized spacial score (nSPS) is 20.5. The summed E-state index contributed by atoms with van der Waals surface area (Å²) in [7, 11) is 3.91. The summed E-state index contributed by atoms with van der Waals surface area (Å²) in [5.41, 5.74) is 4.43. The second-order valence-electron chi connectivity index (χ2n) is 8.87. The minimum atomic E-state index is -0.336. The third-order valence-corrected chi connectivity index (χ3v) is 6.60. The van der Waals surface area contributed by atoms with Crippen LogP contribution in [-0.2, 0) is 23.1 Å². The number of aryl methyl sites for hydroxylation is 3. The zero-order valence-corrected chi connectivity index (χ0v) is 18.3. The number of nitrogens with zero attached hydrogens (tertiary/aromatic N) is 5. The summed E-state index contributed by atoms with van der Waals surface area (Å²) in [4.78, 5) is 44.6. The number of aromatic amines is 1. The summed E-state index contributed by atoms with van der Waals surface area (Å²) >= 11 is 0. The maximum Gasteiger partial charge on any atom is 0.345 e. The molecule has 1 amide bonds. The number of H-pyrrole nitrogens is 1. The van der Waals surface area contributed by atoms with Crippen molar-refractivity contribution in [1.29, 1.82) is 0 Å². The van der Waals surface area contributed by atoms with Crippen LogP contribution in [-0.4, -0.2) is 57.9 Å². The average molecular weight is 411 g/mol. The van der Waals surface area contributed by atoms with Crippen molar-refractivity contribution in [2.75, 3.05) is 32.1 Å². The molecule has 2 aliphatic rings. The lowest BCUT2D eigenvalue weighted by Crippen LogP contribution is -2.48. The monoisotopic (exact) mass is 410 g/mol. The molecule has 0 bridgehead atoms. The highest BCUT2D eigenvalue weighted by atomic mass is 16.2. The molecule has 0 radical (unpaired) electrons. The van der Waals surface area contributed by atoms with Crippen LogP contribution >= 0.6 is 0 Å². The molecule has 1 fully saturated rings. The van der Waals surface area contributed by atoms with Crippen molar-refractivity contribution in [3.8, 4) is 0 Å². The van der Waals surface area contributed by atoms with E-state index in [4.69, 9.17) is 4.98 Å². The van der Waals surface area contributed by atoms with Crippen molar-refractivity contribution >= 4 is 11.9 Å². The average Bonchev–Trinajstić information content (AvgIpc) is 3.04. The smallest absolute Gasteiger partial charge is 0.345 e. The van der Waals surface area contributed by atoms with Crippen LogP contribution in [0.15, 0.2) is 11.0 Å². The van der Waals surface area contributed by atoms with Gasteiger partial charge in [0, 0.05) is 56.6 Å². The molecule has 30 heavy (non-hydrogen) atoms. The summed E-state index contributed by atoms with van der Waals surface area (Å²) in [5.74, 6) is 0.893. The van der Waals surface area contributed by atoms with Gasteiger partial charge in [-0.25, -0.2) is 14.8 Å². The van der Waals surface area contributed by atoms with Crippen LogP contribution in [0.1, 0.15) is 53.9 Å². The van der Waals surface area contributed by atoms with Gasteiger partial charge in [0.05, 0.1) is 5.69 Å². The van der Waals surface area contributed by atoms with E-state index in [1.807, 2.05) is 43.9 Å². The number of anilines is 1. The second kappa shape index (κ2) is 7.81. The van der Waals surface area contributed by atoms with E-state index < -0.39 is 0 Å². The third kappa shape index (κ3) is 3.70. The van der Waals surface area contributed by atoms with E-state index in [1.54, 1.807) is 0 Å². The van der Waals surface area contributed by atoms with Crippen molar-refractivity contribution in [1.82, 2.24) is 24.8 Å². The lowest BCUT2D eigenvalue weighted by atomic mass is 9.77. The SMILES string of the molecule is Cc1nc(=O)[nH]c(C)c1CCC(=O)N1CCCC2(CCc3cnc(N(C)C)nc32)C1. The Morgan fingerprint density at radius 2 is 2.07 bits per heavy atom. The number of nitrogens with one attached hydrogen (secondary N) is 1. The molecule has 0 aromatic carbocycles. The second-order valence-corrected chi connectivity index (χ2v) is 8.87. The fraction of sp³-hybridized carbons (Fsp3) is 0.591. The van der Waals surface area contributed by atoms with Crippen LogP contribution in [0.5, 0.6) is 0 Å². The molecule has 1 aliphatic heterocycles. The van der Waals surface area contributed by atoms with Crippen LogP contribution in [0, 0.1) is 13.8 Å². The number of fused-ring (bicyclic) bond motifs is 2. The lowest BCUT2D eigenvalue weighted by molar-refractivity contribution is -0.133. The lowest BCUT2D eigenvalue weighted by Gasteiger charge is -2.40. The number of amides is 1. The highest BCUT2D eigenvalue weighted by Crippen LogP contribution is 2.44. The van der Waals surface area contributed by atoms with Gasteiger partial charge in [-0.1, -0.05) is 0 Å². The highest BCUT2D eigenvalue weighted by molar-refractivity contribution is 5.77. The zero-order chi connectivity index (χ0) is 21.5. The maximum absolute atomic E-state index is 13.1.